The number of aromatic carboxylic acids is 2. The van der Waals surface area contributed by atoms with Crippen LogP contribution in [-0.4, -0.2) is 47.3 Å². The van der Waals surface area contributed by atoms with Gasteiger partial charge in [0.25, 0.3) is 0 Å². The zero-order chi connectivity index (χ0) is 17.7. The molecule has 0 aliphatic heterocycles. The molecular weight excluding hydrogens is 308 g/mol. The third kappa shape index (κ3) is 3.65. The number of carbonyl (C=O) groups excluding carboxylic acids is 2. The fourth-order valence-electron chi connectivity index (χ4n) is 2.08. The van der Waals surface area contributed by atoms with E-state index in [1.54, 1.807) is 0 Å². The number of rotatable bonds is 6. The molecule has 0 amide bonds. The number of benzene rings is 1. The molecule has 0 fully saturated rings. The van der Waals surface area contributed by atoms with Crippen LogP contribution >= 0.6 is 0 Å². The molecule has 0 saturated heterocycles. The number of esters is 2. The summed E-state index contributed by atoms with van der Waals surface area (Å²) in [4.78, 5) is 47.0. The van der Waals surface area contributed by atoms with Crippen LogP contribution in [0.1, 0.15) is 60.8 Å². The Kier molecular flexibility index (Phi) is 5.83. The molecule has 0 unspecified atom stereocenters. The number of hydrogen-bond donors (Lipinski definition) is 2. The Morgan fingerprint density at radius 2 is 1.35 bits per heavy atom. The van der Waals surface area contributed by atoms with Crippen LogP contribution in [0.25, 0.3) is 0 Å². The van der Waals surface area contributed by atoms with Gasteiger partial charge in [-0.2, -0.15) is 0 Å². The Hall–Kier alpha value is -2.90. The Balaban J connectivity index is 3.84. The maximum absolute atomic E-state index is 12.0. The number of carboxylic acids is 2. The average Bonchev–Trinajstić information content (AvgIpc) is 2.45. The molecule has 0 atom stereocenters. The van der Waals surface area contributed by atoms with Crippen molar-refractivity contribution >= 4 is 23.9 Å². The van der Waals surface area contributed by atoms with Gasteiger partial charge in [0.05, 0.1) is 35.5 Å². The largest absolute Gasteiger partial charge is 0.478 e. The summed E-state index contributed by atoms with van der Waals surface area (Å²) in [6.45, 7) is 4.29. The number of aryl methyl sites for hydroxylation is 1. The van der Waals surface area contributed by atoms with Crippen LogP contribution in [0.5, 0.6) is 0 Å². The molecule has 23 heavy (non-hydrogen) atoms. The van der Waals surface area contributed by atoms with E-state index in [1.165, 1.54) is 20.8 Å². The van der Waals surface area contributed by atoms with E-state index in [0.717, 1.165) is 6.07 Å². The van der Waals surface area contributed by atoms with Crippen molar-refractivity contribution in [2.75, 3.05) is 13.2 Å². The fraction of sp³-hybridized carbons (Fsp3) is 0.333. The lowest BCUT2D eigenvalue weighted by Gasteiger charge is -2.15. The van der Waals surface area contributed by atoms with E-state index in [-0.39, 0.29) is 24.3 Å². The molecule has 8 heteroatoms. The predicted molar refractivity (Wildman–Crippen MR) is 77.0 cm³/mol. The SMILES string of the molecule is CCOC(=O)c1c(C)cc(C(=O)O)c(C(=O)OCC)c1C(=O)O. The Labute approximate surface area is 131 Å². The van der Waals surface area contributed by atoms with E-state index in [2.05, 4.69) is 0 Å². The number of ether oxygens (including phenoxy) is 2. The van der Waals surface area contributed by atoms with Crippen LogP contribution in [0.15, 0.2) is 6.07 Å². The van der Waals surface area contributed by atoms with E-state index in [4.69, 9.17) is 9.47 Å². The van der Waals surface area contributed by atoms with Gasteiger partial charge in [-0.25, -0.2) is 19.2 Å². The van der Waals surface area contributed by atoms with Crippen molar-refractivity contribution in [2.45, 2.75) is 20.8 Å². The molecule has 0 aliphatic carbocycles. The molecule has 0 heterocycles. The van der Waals surface area contributed by atoms with Crippen LogP contribution in [0, 0.1) is 6.92 Å². The van der Waals surface area contributed by atoms with E-state index >= 15 is 0 Å². The van der Waals surface area contributed by atoms with Crippen molar-refractivity contribution in [2.24, 2.45) is 0 Å². The summed E-state index contributed by atoms with van der Waals surface area (Å²) in [6, 6.07) is 1.05. The zero-order valence-corrected chi connectivity index (χ0v) is 12.8. The summed E-state index contributed by atoms with van der Waals surface area (Å²) in [7, 11) is 0. The van der Waals surface area contributed by atoms with Crippen molar-refractivity contribution in [3.8, 4) is 0 Å². The highest BCUT2D eigenvalue weighted by atomic mass is 16.5. The molecule has 8 nitrogen and oxygen atoms in total. The highest BCUT2D eigenvalue weighted by Crippen LogP contribution is 2.26. The van der Waals surface area contributed by atoms with E-state index in [9.17, 15) is 29.4 Å². The lowest BCUT2D eigenvalue weighted by atomic mass is 9.91. The first-order valence-electron chi connectivity index (χ1n) is 6.74. The predicted octanol–water partition coefficient (Wildman–Crippen LogP) is 1.74. The van der Waals surface area contributed by atoms with Crippen molar-refractivity contribution in [1.29, 1.82) is 0 Å². The minimum atomic E-state index is -1.62. The monoisotopic (exact) mass is 324 g/mol. The molecule has 0 spiro atoms. The Morgan fingerprint density at radius 1 is 0.870 bits per heavy atom. The van der Waals surface area contributed by atoms with E-state index in [0.29, 0.717) is 0 Å². The Bertz CT molecular complexity index is 675. The minimum Gasteiger partial charge on any atom is -0.478 e. The van der Waals surface area contributed by atoms with Crippen LogP contribution in [0.2, 0.25) is 0 Å². The third-order valence-corrected chi connectivity index (χ3v) is 2.93. The summed E-state index contributed by atoms with van der Waals surface area (Å²) in [6.07, 6.45) is 0. The maximum atomic E-state index is 12.0. The van der Waals surface area contributed by atoms with Crippen LogP contribution in [0.4, 0.5) is 0 Å². The number of carboxylic acid groups (broad SMARTS) is 2. The molecule has 0 radical (unpaired) electrons. The van der Waals surface area contributed by atoms with Gasteiger partial charge in [0, 0.05) is 0 Å². The molecule has 0 aliphatic rings. The van der Waals surface area contributed by atoms with E-state index in [1.807, 2.05) is 0 Å². The van der Waals surface area contributed by atoms with Gasteiger partial charge in [0.2, 0.25) is 0 Å². The highest BCUT2D eigenvalue weighted by molar-refractivity contribution is 6.15. The third-order valence-electron chi connectivity index (χ3n) is 2.93. The fourth-order valence-corrected chi connectivity index (χ4v) is 2.08. The molecule has 2 N–H and O–H groups in total. The van der Waals surface area contributed by atoms with Gasteiger partial charge < -0.3 is 19.7 Å². The van der Waals surface area contributed by atoms with Gasteiger partial charge in [-0.05, 0) is 32.4 Å². The number of hydrogen-bond acceptors (Lipinski definition) is 6. The smallest absolute Gasteiger partial charge is 0.339 e. The first kappa shape index (κ1) is 18.1. The molecule has 0 bridgehead atoms. The first-order chi connectivity index (χ1) is 10.8. The summed E-state index contributed by atoms with van der Waals surface area (Å²) < 4.78 is 9.52. The quantitative estimate of drug-likeness (QED) is 0.757. The normalized spacial score (nSPS) is 10.0. The van der Waals surface area contributed by atoms with Crippen molar-refractivity contribution in [3.63, 3.8) is 0 Å². The van der Waals surface area contributed by atoms with Gasteiger partial charge in [-0.3, -0.25) is 0 Å². The minimum absolute atomic E-state index is 0.00719. The highest BCUT2D eigenvalue weighted by Gasteiger charge is 2.32. The van der Waals surface area contributed by atoms with Crippen LogP contribution in [-0.2, 0) is 9.47 Å². The lowest BCUT2D eigenvalue weighted by Crippen LogP contribution is -2.23. The second kappa shape index (κ2) is 7.39. The molecule has 124 valence electrons. The van der Waals surface area contributed by atoms with Gasteiger partial charge in [0.15, 0.2) is 0 Å². The van der Waals surface area contributed by atoms with Crippen LogP contribution in [0.3, 0.4) is 0 Å². The standard InChI is InChI=1S/C15H16O8/c1-4-22-14(20)9-7(3)6-8(12(16)17)10(11(9)13(18)19)15(21)23-5-2/h6H,4-5H2,1-3H3,(H,16,17)(H,18,19). The average molecular weight is 324 g/mol. The van der Waals surface area contributed by atoms with Gasteiger partial charge in [0.1, 0.15) is 0 Å². The lowest BCUT2D eigenvalue weighted by molar-refractivity contribution is 0.0493. The van der Waals surface area contributed by atoms with Gasteiger partial charge >= 0.3 is 23.9 Å². The molecule has 1 aromatic rings. The zero-order valence-electron chi connectivity index (χ0n) is 12.8. The molecular formula is C15H16O8. The first-order valence-corrected chi connectivity index (χ1v) is 6.74. The molecule has 1 aromatic carbocycles. The van der Waals surface area contributed by atoms with Crippen molar-refractivity contribution < 1.29 is 38.9 Å². The summed E-state index contributed by atoms with van der Waals surface area (Å²) in [5.74, 6) is -5.21. The maximum Gasteiger partial charge on any atom is 0.339 e. The summed E-state index contributed by atoms with van der Waals surface area (Å²) in [5, 5.41) is 18.6. The molecule has 1 rings (SSSR count). The molecule has 0 aromatic heterocycles. The van der Waals surface area contributed by atoms with Gasteiger partial charge in [-0.1, -0.05) is 0 Å². The summed E-state index contributed by atoms with van der Waals surface area (Å²) >= 11 is 0. The van der Waals surface area contributed by atoms with Gasteiger partial charge in [-0.15, -0.1) is 0 Å². The second-order valence-corrected chi connectivity index (χ2v) is 4.42. The number of carbonyl (C=O) groups is 4. The topological polar surface area (TPSA) is 127 Å². The molecule has 0 saturated carbocycles. The van der Waals surface area contributed by atoms with Crippen molar-refractivity contribution in [1.82, 2.24) is 0 Å². The van der Waals surface area contributed by atoms with Crippen LogP contribution < -0.4 is 0 Å². The van der Waals surface area contributed by atoms with E-state index < -0.39 is 40.6 Å². The Morgan fingerprint density at radius 3 is 1.74 bits per heavy atom. The van der Waals surface area contributed by atoms with Crippen molar-refractivity contribution in [3.05, 3.63) is 33.9 Å². The second-order valence-electron chi connectivity index (χ2n) is 4.42. The summed E-state index contributed by atoms with van der Waals surface area (Å²) in [5.41, 5.74) is -2.26.